The molecule has 0 saturated heterocycles. The van der Waals surface area contributed by atoms with Crippen LogP contribution in [0.5, 0.6) is 0 Å². The third-order valence-corrected chi connectivity index (χ3v) is 4.09. The number of aromatic nitrogens is 2. The quantitative estimate of drug-likeness (QED) is 0.730. The number of carboxylic acid groups (broad SMARTS) is 1. The van der Waals surface area contributed by atoms with Crippen molar-refractivity contribution in [2.75, 3.05) is 0 Å². The van der Waals surface area contributed by atoms with Gasteiger partial charge in [-0.15, -0.1) is 5.10 Å². The molecule has 0 aliphatic rings. The summed E-state index contributed by atoms with van der Waals surface area (Å²) >= 11 is 1.12. The SMILES string of the molecule is CCCc1nnsc1C(=O)NC(C)CCCC(C)C(=O)O. The zero-order chi connectivity index (χ0) is 15.8. The maximum atomic E-state index is 12.1. The van der Waals surface area contributed by atoms with Crippen LogP contribution in [-0.2, 0) is 11.2 Å². The lowest BCUT2D eigenvalue weighted by atomic mass is 10.0. The summed E-state index contributed by atoms with van der Waals surface area (Å²) in [7, 11) is 0. The fourth-order valence-electron chi connectivity index (χ4n) is 2.00. The van der Waals surface area contributed by atoms with Gasteiger partial charge in [-0.05, 0) is 37.7 Å². The first-order chi connectivity index (χ1) is 9.95. The zero-order valence-corrected chi connectivity index (χ0v) is 13.6. The lowest BCUT2D eigenvalue weighted by Gasteiger charge is -2.14. The number of hydrogen-bond donors (Lipinski definition) is 2. The van der Waals surface area contributed by atoms with Gasteiger partial charge >= 0.3 is 5.97 Å². The van der Waals surface area contributed by atoms with E-state index in [9.17, 15) is 9.59 Å². The molecule has 0 radical (unpaired) electrons. The first-order valence-corrected chi connectivity index (χ1v) is 8.07. The van der Waals surface area contributed by atoms with Crippen molar-refractivity contribution in [3.63, 3.8) is 0 Å². The number of aryl methyl sites for hydroxylation is 1. The molecule has 0 spiro atoms. The van der Waals surface area contributed by atoms with Crippen molar-refractivity contribution in [3.8, 4) is 0 Å². The van der Waals surface area contributed by atoms with E-state index in [1.807, 2.05) is 13.8 Å². The number of rotatable bonds is 9. The molecule has 6 nitrogen and oxygen atoms in total. The van der Waals surface area contributed by atoms with Gasteiger partial charge in [0.05, 0.1) is 11.6 Å². The van der Waals surface area contributed by atoms with Crippen molar-refractivity contribution in [1.82, 2.24) is 14.9 Å². The molecule has 0 bridgehead atoms. The molecule has 1 aromatic heterocycles. The van der Waals surface area contributed by atoms with Crippen LogP contribution in [0.3, 0.4) is 0 Å². The normalized spacial score (nSPS) is 13.7. The summed E-state index contributed by atoms with van der Waals surface area (Å²) in [6.07, 6.45) is 3.84. The molecule has 1 amide bonds. The van der Waals surface area contributed by atoms with Crippen LogP contribution in [-0.4, -0.2) is 32.6 Å². The summed E-state index contributed by atoms with van der Waals surface area (Å²) in [5.41, 5.74) is 0.756. The predicted octanol–water partition coefficient (Wildman–Crippen LogP) is 2.50. The monoisotopic (exact) mass is 313 g/mol. The third kappa shape index (κ3) is 5.79. The maximum absolute atomic E-state index is 12.1. The Kier molecular flexibility index (Phi) is 7.28. The fraction of sp³-hybridized carbons (Fsp3) is 0.714. The number of amides is 1. The standard InChI is InChI=1S/C14H23N3O3S/c1-4-6-11-12(21-17-16-11)13(18)15-10(3)8-5-7-9(2)14(19)20/h9-10H,4-8H2,1-3H3,(H,15,18)(H,19,20). The molecule has 21 heavy (non-hydrogen) atoms. The van der Waals surface area contributed by atoms with Gasteiger partial charge in [0.15, 0.2) is 0 Å². The van der Waals surface area contributed by atoms with Crippen molar-refractivity contribution in [1.29, 1.82) is 0 Å². The van der Waals surface area contributed by atoms with Crippen LogP contribution in [0.1, 0.15) is 61.8 Å². The summed E-state index contributed by atoms with van der Waals surface area (Å²) in [6, 6.07) is 0.00933. The second kappa shape index (κ2) is 8.71. The molecule has 0 aliphatic heterocycles. The van der Waals surface area contributed by atoms with Gasteiger partial charge in [-0.3, -0.25) is 9.59 Å². The molecule has 1 heterocycles. The van der Waals surface area contributed by atoms with Gasteiger partial charge in [0, 0.05) is 6.04 Å². The number of nitrogens with one attached hydrogen (secondary N) is 1. The van der Waals surface area contributed by atoms with E-state index >= 15 is 0 Å². The minimum atomic E-state index is -0.772. The van der Waals surface area contributed by atoms with Crippen LogP contribution < -0.4 is 5.32 Å². The average molecular weight is 313 g/mol. The van der Waals surface area contributed by atoms with Crippen molar-refractivity contribution in [2.24, 2.45) is 5.92 Å². The van der Waals surface area contributed by atoms with E-state index in [1.54, 1.807) is 6.92 Å². The number of nitrogens with zero attached hydrogens (tertiary/aromatic N) is 2. The van der Waals surface area contributed by atoms with E-state index in [1.165, 1.54) is 0 Å². The predicted molar refractivity (Wildman–Crippen MR) is 81.5 cm³/mol. The second-order valence-corrected chi connectivity index (χ2v) is 6.10. The Morgan fingerprint density at radius 1 is 1.33 bits per heavy atom. The Labute approximate surface area is 129 Å². The van der Waals surface area contributed by atoms with Crippen LogP contribution in [0.2, 0.25) is 0 Å². The van der Waals surface area contributed by atoms with E-state index in [0.717, 1.165) is 42.9 Å². The first-order valence-electron chi connectivity index (χ1n) is 7.30. The summed E-state index contributed by atoms with van der Waals surface area (Å²) < 4.78 is 3.84. The number of carbonyl (C=O) groups excluding carboxylic acids is 1. The Morgan fingerprint density at radius 3 is 2.67 bits per heavy atom. The highest BCUT2D eigenvalue weighted by Crippen LogP contribution is 2.14. The molecule has 2 N–H and O–H groups in total. The van der Waals surface area contributed by atoms with Gasteiger partial charge in [0.2, 0.25) is 0 Å². The van der Waals surface area contributed by atoms with E-state index in [-0.39, 0.29) is 17.9 Å². The molecule has 0 aromatic carbocycles. The smallest absolute Gasteiger partial charge is 0.306 e. The lowest BCUT2D eigenvalue weighted by molar-refractivity contribution is -0.141. The number of aliphatic carboxylic acids is 1. The van der Waals surface area contributed by atoms with E-state index < -0.39 is 5.97 Å². The lowest BCUT2D eigenvalue weighted by Crippen LogP contribution is -2.32. The maximum Gasteiger partial charge on any atom is 0.306 e. The van der Waals surface area contributed by atoms with Crippen LogP contribution in [0, 0.1) is 5.92 Å². The molecule has 7 heteroatoms. The Balaban J connectivity index is 2.40. The molecule has 2 unspecified atom stereocenters. The van der Waals surface area contributed by atoms with Crippen LogP contribution in [0.4, 0.5) is 0 Å². The van der Waals surface area contributed by atoms with E-state index in [0.29, 0.717) is 11.3 Å². The number of carboxylic acids is 1. The van der Waals surface area contributed by atoms with Gasteiger partial charge in [-0.2, -0.15) is 0 Å². The largest absolute Gasteiger partial charge is 0.481 e. The minimum Gasteiger partial charge on any atom is -0.481 e. The second-order valence-electron chi connectivity index (χ2n) is 5.34. The average Bonchev–Trinajstić information content (AvgIpc) is 2.87. The highest BCUT2D eigenvalue weighted by Gasteiger charge is 2.18. The molecule has 0 saturated carbocycles. The Bertz CT molecular complexity index is 476. The molecule has 2 atom stereocenters. The fourth-order valence-corrected chi connectivity index (χ4v) is 2.61. The van der Waals surface area contributed by atoms with Crippen molar-refractivity contribution >= 4 is 23.4 Å². The van der Waals surface area contributed by atoms with Gasteiger partial charge in [0.25, 0.3) is 5.91 Å². The van der Waals surface area contributed by atoms with Crippen LogP contribution in [0.15, 0.2) is 0 Å². The van der Waals surface area contributed by atoms with Crippen molar-refractivity contribution < 1.29 is 14.7 Å². The molecule has 1 aromatic rings. The zero-order valence-electron chi connectivity index (χ0n) is 12.8. The van der Waals surface area contributed by atoms with Crippen LogP contribution >= 0.6 is 11.5 Å². The molecular formula is C14H23N3O3S. The summed E-state index contributed by atoms with van der Waals surface area (Å²) in [4.78, 5) is 23.5. The minimum absolute atomic E-state index is 0.00933. The van der Waals surface area contributed by atoms with Gasteiger partial charge in [-0.1, -0.05) is 31.2 Å². The molecule has 118 valence electrons. The highest BCUT2D eigenvalue weighted by atomic mass is 32.1. The molecule has 1 rings (SSSR count). The molecular weight excluding hydrogens is 290 g/mol. The number of carbonyl (C=O) groups is 2. The number of hydrogen-bond acceptors (Lipinski definition) is 5. The van der Waals surface area contributed by atoms with Crippen molar-refractivity contribution in [2.45, 2.75) is 58.9 Å². The third-order valence-electron chi connectivity index (χ3n) is 3.32. The van der Waals surface area contributed by atoms with Gasteiger partial charge < -0.3 is 10.4 Å². The Hall–Kier alpha value is -1.50. The molecule has 0 aliphatic carbocycles. The topological polar surface area (TPSA) is 92.2 Å². The van der Waals surface area contributed by atoms with Crippen LogP contribution in [0.25, 0.3) is 0 Å². The highest BCUT2D eigenvalue weighted by molar-refractivity contribution is 7.08. The van der Waals surface area contributed by atoms with E-state index in [4.69, 9.17) is 5.11 Å². The summed E-state index contributed by atoms with van der Waals surface area (Å²) in [5, 5.41) is 15.7. The van der Waals surface area contributed by atoms with Gasteiger partial charge in [-0.25, -0.2) is 0 Å². The summed E-state index contributed by atoms with van der Waals surface area (Å²) in [6.45, 7) is 5.66. The van der Waals surface area contributed by atoms with Gasteiger partial charge in [0.1, 0.15) is 4.88 Å². The Morgan fingerprint density at radius 2 is 2.05 bits per heavy atom. The first kappa shape index (κ1) is 17.6. The van der Waals surface area contributed by atoms with Crippen molar-refractivity contribution in [3.05, 3.63) is 10.6 Å². The summed E-state index contributed by atoms with van der Waals surface area (Å²) in [5.74, 6) is -1.24. The van der Waals surface area contributed by atoms with E-state index in [2.05, 4.69) is 14.9 Å². The molecule has 0 fully saturated rings.